The molecule has 1 unspecified atom stereocenters. The lowest BCUT2D eigenvalue weighted by molar-refractivity contribution is 0.105. The molecule has 2 fully saturated rings. The molecule has 0 aliphatic carbocycles. The van der Waals surface area contributed by atoms with Crippen LogP contribution < -0.4 is 0 Å². The van der Waals surface area contributed by atoms with E-state index in [9.17, 15) is 0 Å². The minimum atomic E-state index is 0.223. The summed E-state index contributed by atoms with van der Waals surface area (Å²) in [5.74, 6) is 2.36. The van der Waals surface area contributed by atoms with Crippen molar-refractivity contribution in [3.63, 3.8) is 0 Å². The largest absolute Gasteiger partial charge is 0.361 e. The van der Waals surface area contributed by atoms with E-state index in [1.54, 1.807) is 0 Å². The molecule has 1 spiro atoms. The summed E-state index contributed by atoms with van der Waals surface area (Å²) in [6, 6.07) is 10.2. The maximum atomic E-state index is 5.57. The summed E-state index contributed by atoms with van der Waals surface area (Å²) in [5.41, 5.74) is 3.56. The first-order valence-electron chi connectivity index (χ1n) is 10.8. The summed E-state index contributed by atoms with van der Waals surface area (Å²) in [6.07, 6.45) is 3.48. The van der Waals surface area contributed by atoms with Gasteiger partial charge < -0.3 is 9.05 Å². The Labute approximate surface area is 177 Å². The fraction of sp³-hybridized carbons (Fsp3) is 0.522. The number of aryl methyl sites for hydroxylation is 2. The lowest BCUT2D eigenvalue weighted by Crippen LogP contribution is -2.41. The van der Waals surface area contributed by atoms with Crippen molar-refractivity contribution in [3.05, 3.63) is 53.2 Å². The fourth-order valence-electron chi connectivity index (χ4n) is 5.13. The van der Waals surface area contributed by atoms with Crippen LogP contribution in [0.4, 0.5) is 0 Å². The van der Waals surface area contributed by atoms with Gasteiger partial charge in [0.15, 0.2) is 5.82 Å². The SMILES string of the molecule is Cc1noc(C)c1CN1CCC2(CC1)CC(c1noc(-c3ccccc3)n1)N(C)C2. The molecule has 0 saturated carbocycles. The third-order valence-corrected chi connectivity index (χ3v) is 6.98. The number of hydrogen-bond donors (Lipinski definition) is 0. The normalized spacial score (nSPS) is 22.2. The minimum Gasteiger partial charge on any atom is -0.361 e. The molecule has 7 heteroatoms. The predicted molar refractivity (Wildman–Crippen MR) is 113 cm³/mol. The van der Waals surface area contributed by atoms with Crippen LogP contribution in [0.15, 0.2) is 39.4 Å². The first kappa shape index (κ1) is 19.5. The zero-order chi connectivity index (χ0) is 20.7. The van der Waals surface area contributed by atoms with Gasteiger partial charge in [-0.15, -0.1) is 0 Å². The van der Waals surface area contributed by atoms with Crippen molar-refractivity contribution in [2.75, 3.05) is 26.7 Å². The van der Waals surface area contributed by atoms with E-state index >= 15 is 0 Å². The fourth-order valence-corrected chi connectivity index (χ4v) is 5.13. The van der Waals surface area contributed by atoms with Gasteiger partial charge in [0.2, 0.25) is 0 Å². The van der Waals surface area contributed by atoms with Gasteiger partial charge in [-0.25, -0.2) is 0 Å². The van der Waals surface area contributed by atoms with Gasteiger partial charge in [0, 0.05) is 24.2 Å². The van der Waals surface area contributed by atoms with Crippen molar-refractivity contribution in [2.24, 2.45) is 5.41 Å². The van der Waals surface area contributed by atoms with Crippen LogP contribution in [-0.4, -0.2) is 51.8 Å². The monoisotopic (exact) mass is 407 g/mol. The molecule has 0 bridgehead atoms. The molecule has 4 heterocycles. The number of rotatable bonds is 4. The number of aromatic nitrogens is 3. The quantitative estimate of drug-likeness (QED) is 0.647. The molecular formula is C23H29N5O2. The second-order valence-electron chi connectivity index (χ2n) is 9.04. The summed E-state index contributed by atoms with van der Waals surface area (Å²) in [6.45, 7) is 8.26. The molecule has 2 aliphatic rings. The van der Waals surface area contributed by atoms with Crippen LogP contribution in [0.25, 0.3) is 11.5 Å². The second-order valence-corrected chi connectivity index (χ2v) is 9.04. The first-order valence-corrected chi connectivity index (χ1v) is 10.8. The maximum absolute atomic E-state index is 5.57. The Bertz CT molecular complexity index is 984. The van der Waals surface area contributed by atoms with Gasteiger partial charge in [-0.2, -0.15) is 4.98 Å². The Morgan fingerprint density at radius 2 is 1.83 bits per heavy atom. The lowest BCUT2D eigenvalue weighted by atomic mass is 9.76. The third-order valence-electron chi connectivity index (χ3n) is 6.98. The molecule has 5 rings (SSSR count). The smallest absolute Gasteiger partial charge is 0.257 e. The van der Waals surface area contributed by atoms with Crippen LogP contribution in [0, 0.1) is 19.3 Å². The molecule has 3 aromatic rings. The molecule has 2 aromatic heterocycles. The number of benzene rings is 1. The van der Waals surface area contributed by atoms with E-state index in [0.717, 1.165) is 55.4 Å². The summed E-state index contributed by atoms with van der Waals surface area (Å²) >= 11 is 0. The van der Waals surface area contributed by atoms with Crippen molar-refractivity contribution in [1.29, 1.82) is 0 Å². The van der Waals surface area contributed by atoms with Gasteiger partial charge in [0.25, 0.3) is 5.89 Å². The highest BCUT2D eigenvalue weighted by molar-refractivity contribution is 5.52. The summed E-state index contributed by atoms with van der Waals surface area (Å²) in [7, 11) is 2.19. The van der Waals surface area contributed by atoms with Crippen LogP contribution in [0.3, 0.4) is 0 Å². The topological polar surface area (TPSA) is 71.4 Å². The zero-order valence-electron chi connectivity index (χ0n) is 18.0. The minimum absolute atomic E-state index is 0.223. The maximum Gasteiger partial charge on any atom is 0.257 e. The molecular weight excluding hydrogens is 378 g/mol. The number of likely N-dealkylation sites (tertiary alicyclic amines) is 2. The number of hydrogen-bond acceptors (Lipinski definition) is 7. The standard InChI is InChI=1S/C23H29N5O2/c1-16-19(17(2)29-25-16)14-28-11-9-23(10-12-28)13-20(27(3)15-23)21-24-22(30-26-21)18-7-5-4-6-8-18/h4-8,20H,9-15H2,1-3H3. The molecule has 1 aromatic carbocycles. The third kappa shape index (κ3) is 3.56. The molecule has 1 atom stereocenters. The van der Waals surface area contributed by atoms with Gasteiger partial charge in [-0.3, -0.25) is 9.80 Å². The highest BCUT2D eigenvalue weighted by Gasteiger charge is 2.46. The zero-order valence-corrected chi connectivity index (χ0v) is 18.0. The number of piperidine rings is 1. The highest BCUT2D eigenvalue weighted by Crippen LogP contribution is 2.48. The average molecular weight is 408 g/mol. The van der Waals surface area contributed by atoms with Gasteiger partial charge in [-0.05, 0) is 70.8 Å². The van der Waals surface area contributed by atoms with Crippen molar-refractivity contribution >= 4 is 0 Å². The lowest BCUT2D eigenvalue weighted by Gasteiger charge is -2.39. The Morgan fingerprint density at radius 1 is 1.07 bits per heavy atom. The predicted octanol–water partition coefficient (Wildman–Crippen LogP) is 4.00. The van der Waals surface area contributed by atoms with E-state index in [1.165, 1.54) is 18.4 Å². The van der Waals surface area contributed by atoms with E-state index in [4.69, 9.17) is 14.0 Å². The summed E-state index contributed by atoms with van der Waals surface area (Å²) in [5, 5.41) is 8.43. The molecule has 2 aliphatic heterocycles. The molecule has 0 radical (unpaired) electrons. The average Bonchev–Trinajstić information content (AvgIpc) is 3.45. The molecule has 30 heavy (non-hydrogen) atoms. The van der Waals surface area contributed by atoms with Gasteiger partial charge in [-0.1, -0.05) is 28.5 Å². The Kier molecular flexibility index (Phi) is 4.95. The van der Waals surface area contributed by atoms with Crippen LogP contribution in [0.1, 0.15) is 48.1 Å². The van der Waals surface area contributed by atoms with Gasteiger partial charge in [0.1, 0.15) is 5.76 Å². The van der Waals surface area contributed by atoms with Gasteiger partial charge >= 0.3 is 0 Å². The van der Waals surface area contributed by atoms with Crippen molar-refractivity contribution in [1.82, 2.24) is 25.1 Å². The molecule has 0 amide bonds. The van der Waals surface area contributed by atoms with Crippen molar-refractivity contribution in [2.45, 2.75) is 45.7 Å². The van der Waals surface area contributed by atoms with Crippen LogP contribution in [0.5, 0.6) is 0 Å². The molecule has 158 valence electrons. The van der Waals surface area contributed by atoms with E-state index < -0.39 is 0 Å². The van der Waals surface area contributed by atoms with Gasteiger partial charge in [0.05, 0.1) is 11.7 Å². The van der Waals surface area contributed by atoms with Crippen molar-refractivity contribution < 1.29 is 9.05 Å². The molecule has 2 saturated heterocycles. The molecule has 0 N–H and O–H groups in total. The summed E-state index contributed by atoms with van der Waals surface area (Å²) < 4.78 is 10.9. The number of nitrogens with zero attached hydrogens (tertiary/aromatic N) is 5. The summed E-state index contributed by atoms with van der Waals surface area (Å²) in [4.78, 5) is 9.67. The van der Waals surface area contributed by atoms with Crippen molar-refractivity contribution in [3.8, 4) is 11.5 Å². The van der Waals surface area contributed by atoms with E-state index in [-0.39, 0.29) is 6.04 Å². The van der Waals surface area contributed by atoms with Crippen LogP contribution in [0.2, 0.25) is 0 Å². The van der Waals surface area contributed by atoms with Crippen LogP contribution in [-0.2, 0) is 6.54 Å². The van der Waals surface area contributed by atoms with E-state index in [0.29, 0.717) is 11.3 Å². The second kappa shape index (κ2) is 7.63. The van der Waals surface area contributed by atoms with Crippen LogP contribution >= 0.6 is 0 Å². The van der Waals surface area contributed by atoms with E-state index in [1.807, 2.05) is 44.2 Å². The Hall–Kier alpha value is -2.51. The Balaban J connectivity index is 1.25. The first-order chi connectivity index (χ1) is 14.5. The highest BCUT2D eigenvalue weighted by atomic mass is 16.5. The Morgan fingerprint density at radius 3 is 2.53 bits per heavy atom. The van der Waals surface area contributed by atoms with E-state index in [2.05, 4.69) is 27.2 Å². The molecule has 7 nitrogen and oxygen atoms in total.